The Morgan fingerprint density at radius 1 is 1.33 bits per heavy atom. The lowest BCUT2D eigenvalue weighted by Crippen LogP contribution is -2.47. The Morgan fingerprint density at radius 3 is 2.67 bits per heavy atom. The summed E-state index contributed by atoms with van der Waals surface area (Å²) in [4.78, 5) is 0. The van der Waals surface area contributed by atoms with Gasteiger partial charge in [0.2, 0.25) is 0 Å². The normalized spacial score (nSPS) is 30.4. The molecule has 1 rings (SSSR count). The monoisotopic (exact) mass is 213 g/mol. The highest BCUT2D eigenvalue weighted by Crippen LogP contribution is 2.36. The molecule has 0 amide bonds. The Hall–Kier alpha value is -0.0800. The summed E-state index contributed by atoms with van der Waals surface area (Å²) in [5, 5.41) is 3.56. The summed E-state index contributed by atoms with van der Waals surface area (Å²) in [6, 6.07) is 0.578. The van der Waals surface area contributed by atoms with E-state index in [4.69, 9.17) is 4.74 Å². The van der Waals surface area contributed by atoms with Gasteiger partial charge in [-0.2, -0.15) is 0 Å². The molecule has 2 heteroatoms. The summed E-state index contributed by atoms with van der Waals surface area (Å²) in [6.45, 7) is 11.0. The number of ether oxygens (including phenoxy) is 1. The molecule has 0 radical (unpaired) electrons. The van der Waals surface area contributed by atoms with Crippen LogP contribution in [0.1, 0.15) is 53.4 Å². The number of hydrogen-bond acceptors (Lipinski definition) is 2. The zero-order valence-electron chi connectivity index (χ0n) is 10.8. The molecule has 2 nitrogen and oxygen atoms in total. The molecule has 2 unspecified atom stereocenters. The van der Waals surface area contributed by atoms with Crippen LogP contribution in [0.5, 0.6) is 0 Å². The number of nitrogens with one attached hydrogen (secondary N) is 1. The first-order valence-electron chi connectivity index (χ1n) is 6.44. The first-order chi connectivity index (χ1) is 7.09. The summed E-state index contributed by atoms with van der Waals surface area (Å²) < 4.78 is 5.97. The fourth-order valence-electron chi connectivity index (χ4n) is 2.46. The van der Waals surface area contributed by atoms with Gasteiger partial charge in [-0.3, -0.25) is 0 Å². The maximum Gasteiger partial charge on any atom is 0.0733 e. The van der Waals surface area contributed by atoms with E-state index in [0.717, 1.165) is 19.6 Å². The minimum absolute atomic E-state index is 0.425. The van der Waals surface area contributed by atoms with E-state index in [0.29, 0.717) is 17.6 Å². The van der Waals surface area contributed by atoms with Gasteiger partial charge in [0.25, 0.3) is 0 Å². The van der Waals surface area contributed by atoms with Crippen LogP contribution >= 0.6 is 0 Å². The third-order valence-electron chi connectivity index (χ3n) is 3.34. The van der Waals surface area contributed by atoms with Crippen molar-refractivity contribution in [2.24, 2.45) is 5.41 Å². The van der Waals surface area contributed by atoms with Gasteiger partial charge in [0, 0.05) is 12.6 Å². The van der Waals surface area contributed by atoms with Crippen LogP contribution in [0.15, 0.2) is 0 Å². The van der Waals surface area contributed by atoms with Gasteiger partial charge in [-0.05, 0) is 37.6 Å². The number of likely N-dealkylation sites (N-methyl/N-ethyl adjacent to an activating group) is 1. The largest absolute Gasteiger partial charge is 0.377 e. The molecule has 0 bridgehead atoms. The molecule has 90 valence electrons. The summed E-state index contributed by atoms with van der Waals surface area (Å²) in [5.74, 6) is 0. The van der Waals surface area contributed by atoms with Crippen LogP contribution in [0.4, 0.5) is 0 Å². The first-order valence-corrected chi connectivity index (χ1v) is 6.44. The number of hydrogen-bond donors (Lipinski definition) is 1. The third kappa shape index (κ3) is 4.12. The van der Waals surface area contributed by atoms with Crippen LogP contribution in [0.3, 0.4) is 0 Å². The highest BCUT2D eigenvalue weighted by Gasteiger charge is 2.34. The molecule has 0 aromatic carbocycles. The minimum atomic E-state index is 0.425. The molecular formula is C13H27NO. The van der Waals surface area contributed by atoms with Gasteiger partial charge in [0.15, 0.2) is 0 Å². The lowest BCUT2D eigenvalue weighted by Gasteiger charge is -2.40. The van der Waals surface area contributed by atoms with Gasteiger partial charge in [-0.25, -0.2) is 0 Å². The Balaban J connectivity index is 2.48. The van der Waals surface area contributed by atoms with Crippen molar-refractivity contribution in [1.82, 2.24) is 5.32 Å². The molecule has 1 saturated carbocycles. The van der Waals surface area contributed by atoms with E-state index >= 15 is 0 Å². The van der Waals surface area contributed by atoms with Crippen molar-refractivity contribution in [2.45, 2.75) is 65.5 Å². The molecule has 2 atom stereocenters. The molecule has 1 aliphatic carbocycles. The summed E-state index contributed by atoms with van der Waals surface area (Å²) in [5.41, 5.74) is 0.463. The number of rotatable bonds is 5. The fraction of sp³-hybridized carbons (Fsp3) is 1.00. The van der Waals surface area contributed by atoms with Crippen LogP contribution in [-0.4, -0.2) is 25.3 Å². The van der Waals surface area contributed by atoms with Crippen LogP contribution < -0.4 is 5.32 Å². The topological polar surface area (TPSA) is 21.3 Å². The zero-order valence-corrected chi connectivity index (χ0v) is 10.8. The van der Waals surface area contributed by atoms with Crippen molar-refractivity contribution in [3.8, 4) is 0 Å². The third-order valence-corrected chi connectivity index (χ3v) is 3.34. The van der Waals surface area contributed by atoms with Gasteiger partial charge in [0.1, 0.15) is 0 Å². The average molecular weight is 213 g/mol. The molecule has 1 aliphatic rings. The maximum atomic E-state index is 5.97. The van der Waals surface area contributed by atoms with Crippen molar-refractivity contribution in [3.63, 3.8) is 0 Å². The van der Waals surface area contributed by atoms with E-state index in [1.54, 1.807) is 0 Å². The van der Waals surface area contributed by atoms with Crippen molar-refractivity contribution in [2.75, 3.05) is 13.2 Å². The highest BCUT2D eigenvalue weighted by molar-refractivity contribution is 4.89. The second-order valence-corrected chi connectivity index (χ2v) is 5.48. The minimum Gasteiger partial charge on any atom is -0.377 e. The molecule has 0 aromatic heterocycles. The molecule has 1 fully saturated rings. The van der Waals surface area contributed by atoms with Crippen LogP contribution in [0.25, 0.3) is 0 Å². The zero-order chi connectivity index (χ0) is 11.3. The Labute approximate surface area is 94.8 Å². The molecule has 0 spiro atoms. The molecule has 0 heterocycles. The second kappa shape index (κ2) is 5.86. The van der Waals surface area contributed by atoms with E-state index in [9.17, 15) is 0 Å². The maximum absolute atomic E-state index is 5.97. The van der Waals surface area contributed by atoms with Gasteiger partial charge >= 0.3 is 0 Å². The SMILES string of the molecule is CCCOC1CC(C)(C)CCC1NCC. The van der Waals surface area contributed by atoms with E-state index in [2.05, 4.69) is 33.0 Å². The van der Waals surface area contributed by atoms with Gasteiger partial charge in [-0.1, -0.05) is 27.7 Å². The van der Waals surface area contributed by atoms with E-state index < -0.39 is 0 Å². The first kappa shape index (κ1) is 13.0. The van der Waals surface area contributed by atoms with Crippen molar-refractivity contribution >= 4 is 0 Å². The molecule has 0 saturated heterocycles. The van der Waals surface area contributed by atoms with E-state index in [1.165, 1.54) is 19.3 Å². The smallest absolute Gasteiger partial charge is 0.0733 e. The second-order valence-electron chi connectivity index (χ2n) is 5.48. The molecule has 1 N–H and O–H groups in total. The molecule has 0 aromatic rings. The highest BCUT2D eigenvalue weighted by atomic mass is 16.5. The summed E-state index contributed by atoms with van der Waals surface area (Å²) in [6.07, 6.45) is 5.32. The molecular weight excluding hydrogens is 186 g/mol. The average Bonchev–Trinajstić information content (AvgIpc) is 2.18. The lowest BCUT2D eigenvalue weighted by molar-refractivity contribution is -0.0274. The van der Waals surface area contributed by atoms with Crippen molar-refractivity contribution < 1.29 is 4.74 Å². The lowest BCUT2D eigenvalue weighted by atomic mass is 9.74. The van der Waals surface area contributed by atoms with Crippen molar-refractivity contribution in [3.05, 3.63) is 0 Å². The van der Waals surface area contributed by atoms with Crippen LogP contribution in [0.2, 0.25) is 0 Å². The Morgan fingerprint density at radius 2 is 2.07 bits per heavy atom. The predicted molar refractivity (Wildman–Crippen MR) is 65.1 cm³/mol. The van der Waals surface area contributed by atoms with E-state index in [1.807, 2.05) is 0 Å². The van der Waals surface area contributed by atoms with Crippen LogP contribution in [0, 0.1) is 5.41 Å². The van der Waals surface area contributed by atoms with Gasteiger partial charge < -0.3 is 10.1 Å². The quantitative estimate of drug-likeness (QED) is 0.758. The Bertz CT molecular complexity index is 179. The van der Waals surface area contributed by atoms with Crippen molar-refractivity contribution in [1.29, 1.82) is 0 Å². The summed E-state index contributed by atoms with van der Waals surface area (Å²) >= 11 is 0. The van der Waals surface area contributed by atoms with Crippen LogP contribution in [-0.2, 0) is 4.74 Å². The fourth-order valence-corrected chi connectivity index (χ4v) is 2.46. The van der Waals surface area contributed by atoms with E-state index in [-0.39, 0.29) is 0 Å². The predicted octanol–water partition coefficient (Wildman–Crippen LogP) is 2.97. The standard InChI is InChI=1S/C13H27NO/c1-5-9-15-12-10-13(3,4)8-7-11(12)14-6-2/h11-12,14H,5-10H2,1-4H3. The molecule has 15 heavy (non-hydrogen) atoms. The molecule has 0 aliphatic heterocycles. The van der Waals surface area contributed by atoms with Gasteiger partial charge in [-0.15, -0.1) is 0 Å². The Kier molecular flexibility index (Phi) is 5.07. The van der Waals surface area contributed by atoms with Gasteiger partial charge in [0.05, 0.1) is 6.10 Å². The summed E-state index contributed by atoms with van der Waals surface area (Å²) in [7, 11) is 0.